The summed E-state index contributed by atoms with van der Waals surface area (Å²) in [7, 11) is 3.22. The molecule has 172 valence electrons. The number of ether oxygens (including phenoxy) is 2. The number of para-hydroxylation sites is 1. The number of rotatable bonds is 5. The molecule has 0 radical (unpaired) electrons. The monoisotopic (exact) mass is 453 g/mol. The van der Waals surface area contributed by atoms with Crippen molar-refractivity contribution in [1.29, 1.82) is 0 Å². The van der Waals surface area contributed by atoms with Gasteiger partial charge in [0.15, 0.2) is 11.5 Å². The lowest BCUT2D eigenvalue weighted by Crippen LogP contribution is -1.98. The first-order valence-corrected chi connectivity index (χ1v) is 11.0. The van der Waals surface area contributed by atoms with Crippen molar-refractivity contribution in [2.24, 2.45) is 0 Å². The summed E-state index contributed by atoms with van der Waals surface area (Å²) in [6.07, 6.45) is 5.29. The lowest BCUT2D eigenvalue weighted by molar-refractivity contribution is 0.356. The molecule has 0 aliphatic heterocycles. The smallest absolute Gasteiger partial charge is 0.162 e. The number of pyridine rings is 3. The van der Waals surface area contributed by atoms with Crippen LogP contribution in [0.25, 0.3) is 32.9 Å². The van der Waals surface area contributed by atoms with Gasteiger partial charge in [0.25, 0.3) is 0 Å². The number of benzene rings is 2. The van der Waals surface area contributed by atoms with Gasteiger partial charge in [0, 0.05) is 40.5 Å². The highest BCUT2D eigenvalue weighted by Gasteiger charge is 2.13. The summed E-state index contributed by atoms with van der Waals surface area (Å²) in [5.74, 6) is 1.66. The van der Waals surface area contributed by atoms with Crippen LogP contribution in [0.2, 0.25) is 0 Å². The first kappa shape index (κ1) is 22.8. The van der Waals surface area contributed by atoms with E-state index in [1.807, 2.05) is 68.4 Å². The second-order valence-corrected chi connectivity index (χ2v) is 7.29. The number of nitrogens with two attached hydrogens (primary N) is 1. The Labute approximate surface area is 198 Å². The minimum atomic E-state index is 0.406. The number of hydrogen-bond acceptors (Lipinski definition) is 7. The van der Waals surface area contributed by atoms with Crippen LogP contribution in [0.4, 0.5) is 17.2 Å². The zero-order chi connectivity index (χ0) is 24.1. The highest BCUT2D eigenvalue weighted by Crippen LogP contribution is 2.37. The molecule has 0 bridgehead atoms. The third kappa shape index (κ3) is 4.41. The topological polar surface area (TPSA) is 95.2 Å². The fourth-order valence-electron chi connectivity index (χ4n) is 3.74. The molecule has 0 saturated heterocycles. The molecule has 0 atom stereocenters. The minimum absolute atomic E-state index is 0.406. The summed E-state index contributed by atoms with van der Waals surface area (Å²) in [5, 5.41) is 5.97. The average molecular weight is 454 g/mol. The minimum Gasteiger partial charge on any atom is -0.493 e. The second-order valence-electron chi connectivity index (χ2n) is 7.29. The first-order valence-electron chi connectivity index (χ1n) is 11.0. The largest absolute Gasteiger partial charge is 0.493 e. The van der Waals surface area contributed by atoms with Gasteiger partial charge >= 0.3 is 0 Å². The molecule has 0 aliphatic rings. The zero-order valence-corrected chi connectivity index (χ0v) is 19.7. The number of aromatic nitrogens is 3. The number of nitrogens with zero attached hydrogens (tertiary/aromatic N) is 3. The van der Waals surface area contributed by atoms with E-state index in [1.165, 1.54) is 0 Å². The Balaban J connectivity index is 0.00000133. The van der Waals surface area contributed by atoms with E-state index in [9.17, 15) is 0 Å². The molecule has 0 spiro atoms. The molecular formula is C27H27N5O2. The number of fused-ring (bicyclic) bond motifs is 3. The van der Waals surface area contributed by atoms with Gasteiger partial charge in [-0.1, -0.05) is 32.0 Å². The van der Waals surface area contributed by atoms with Crippen molar-refractivity contribution in [2.45, 2.75) is 13.8 Å². The Morgan fingerprint density at radius 1 is 0.765 bits per heavy atom. The van der Waals surface area contributed by atoms with E-state index in [0.717, 1.165) is 44.3 Å². The van der Waals surface area contributed by atoms with Crippen LogP contribution in [0, 0.1) is 0 Å². The van der Waals surface area contributed by atoms with Crippen LogP contribution in [0.5, 0.6) is 11.5 Å². The number of anilines is 3. The molecule has 7 heteroatoms. The fraction of sp³-hybridized carbons (Fsp3) is 0.148. The number of nitrogens with one attached hydrogen (secondary N) is 1. The number of hydrogen-bond donors (Lipinski definition) is 2. The maximum absolute atomic E-state index is 6.33. The predicted octanol–water partition coefficient (Wildman–Crippen LogP) is 6.21. The van der Waals surface area contributed by atoms with E-state index in [4.69, 9.17) is 15.2 Å². The van der Waals surface area contributed by atoms with Crippen LogP contribution in [-0.2, 0) is 0 Å². The van der Waals surface area contributed by atoms with Crippen molar-refractivity contribution in [3.05, 3.63) is 73.2 Å². The molecule has 34 heavy (non-hydrogen) atoms. The number of nitrogen functional groups attached to an aromatic ring is 1. The van der Waals surface area contributed by atoms with Gasteiger partial charge in [-0.2, -0.15) is 0 Å². The van der Waals surface area contributed by atoms with E-state index >= 15 is 0 Å². The van der Waals surface area contributed by atoms with Gasteiger partial charge in [-0.05, 0) is 35.7 Å². The molecule has 3 heterocycles. The van der Waals surface area contributed by atoms with E-state index in [2.05, 4.69) is 20.3 Å². The summed E-state index contributed by atoms with van der Waals surface area (Å²) in [6.45, 7) is 4.00. The highest BCUT2D eigenvalue weighted by molar-refractivity contribution is 6.10. The van der Waals surface area contributed by atoms with Crippen LogP contribution in [-0.4, -0.2) is 29.2 Å². The highest BCUT2D eigenvalue weighted by atomic mass is 16.5. The number of methoxy groups -OCH3 is 2. The Morgan fingerprint density at radius 3 is 2.24 bits per heavy atom. The summed E-state index contributed by atoms with van der Waals surface area (Å²) >= 11 is 0. The van der Waals surface area contributed by atoms with Gasteiger partial charge in [-0.25, -0.2) is 4.98 Å². The van der Waals surface area contributed by atoms with Crippen LogP contribution in [0.3, 0.4) is 0 Å². The van der Waals surface area contributed by atoms with E-state index in [0.29, 0.717) is 17.3 Å². The quantitative estimate of drug-likeness (QED) is 0.305. The lowest BCUT2D eigenvalue weighted by atomic mass is 10.0. The summed E-state index contributed by atoms with van der Waals surface area (Å²) < 4.78 is 10.9. The molecule has 7 nitrogen and oxygen atoms in total. The Hall–Kier alpha value is -4.39. The van der Waals surface area contributed by atoms with E-state index in [-0.39, 0.29) is 0 Å². The van der Waals surface area contributed by atoms with Gasteiger partial charge < -0.3 is 20.5 Å². The normalized spacial score (nSPS) is 10.5. The van der Waals surface area contributed by atoms with Crippen molar-refractivity contribution in [3.8, 4) is 22.8 Å². The Bertz CT molecular complexity index is 1440. The molecule has 0 fully saturated rings. The zero-order valence-electron chi connectivity index (χ0n) is 19.7. The maximum atomic E-state index is 6.33. The van der Waals surface area contributed by atoms with Crippen molar-refractivity contribution in [3.63, 3.8) is 0 Å². The second kappa shape index (κ2) is 10.0. The molecule has 0 unspecified atom stereocenters. The maximum Gasteiger partial charge on any atom is 0.162 e. The molecule has 3 N–H and O–H groups in total. The molecule has 3 aromatic heterocycles. The standard InChI is InChI=1S/C25H21N5O2.C2H6/c1-31-23-10-19-18-9-21(30-25(26)20(18)14-28-22(19)11-24(23)32-2)15-8-17(13-27-12-15)29-16-6-4-3-5-7-16;1-2/h3-14,29H,1-2H3,(H2,26,30);1-2H3. The van der Waals surface area contributed by atoms with Crippen molar-refractivity contribution < 1.29 is 9.47 Å². The van der Waals surface area contributed by atoms with Gasteiger partial charge in [0.2, 0.25) is 0 Å². The molecule has 0 aliphatic carbocycles. The van der Waals surface area contributed by atoms with Crippen molar-refractivity contribution in [2.75, 3.05) is 25.3 Å². The molecule has 5 rings (SSSR count). The van der Waals surface area contributed by atoms with Crippen LogP contribution >= 0.6 is 0 Å². The van der Waals surface area contributed by atoms with Gasteiger partial charge in [0.1, 0.15) is 5.82 Å². The van der Waals surface area contributed by atoms with Crippen LogP contribution in [0.1, 0.15) is 13.8 Å². The van der Waals surface area contributed by atoms with Gasteiger partial charge in [-0.15, -0.1) is 0 Å². The van der Waals surface area contributed by atoms with E-state index < -0.39 is 0 Å². The van der Waals surface area contributed by atoms with Crippen molar-refractivity contribution >= 4 is 38.9 Å². The van der Waals surface area contributed by atoms with Crippen molar-refractivity contribution in [1.82, 2.24) is 15.0 Å². The molecular weight excluding hydrogens is 426 g/mol. The van der Waals surface area contributed by atoms with Crippen LogP contribution < -0.4 is 20.5 Å². The van der Waals surface area contributed by atoms with Gasteiger partial charge in [0.05, 0.1) is 37.3 Å². The molecule has 0 amide bonds. The fourth-order valence-corrected chi connectivity index (χ4v) is 3.74. The summed E-state index contributed by atoms with van der Waals surface area (Å²) in [5.41, 5.74) is 10.5. The molecule has 0 saturated carbocycles. The molecule has 5 aromatic rings. The Morgan fingerprint density at radius 2 is 1.50 bits per heavy atom. The van der Waals surface area contributed by atoms with E-state index in [1.54, 1.807) is 32.8 Å². The first-order chi connectivity index (χ1) is 16.7. The average Bonchev–Trinajstić information content (AvgIpc) is 2.89. The lowest BCUT2D eigenvalue weighted by Gasteiger charge is -2.12. The third-order valence-electron chi connectivity index (χ3n) is 5.31. The Kier molecular flexibility index (Phi) is 6.73. The van der Waals surface area contributed by atoms with Gasteiger partial charge in [-0.3, -0.25) is 9.97 Å². The van der Waals surface area contributed by atoms with Crippen LogP contribution in [0.15, 0.2) is 73.2 Å². The summed E-state index contributed by atoms with van der Waals surface area (Å²) in [6, 6.07) is 17.7. The predicted molar refractivity (Wildman–Crippen MR) is 139 cm³/mol. The SMILES string of the molecule is CC.COc1cc2ncc3c(N)nc(-c4cncc(Nc5ccccc5)c4)cc3c2cc1OC. The third-order valence-corrected chi connectivity index (χ3v) is 5.31. The molecule has 2 aromatic carbocycles. The summed E-state index contributed by atoms with van der Waals surface area (Å²) in [4.78, 5) is 13.5.